The highest BCUT2D eigenvalue weighted by Crippen LogP contribution is 1.91. The minimum Gasteiger partial charge on any atom is -0.338 e. The quantitative estimate of drug-likeness (QED) is 0.604. The fourth-order valence-electron chi connectivity index (χ4n) is 0.416. The molecule has 0 rings (SSSR count). The molecule has 0 aliphatic rings. The van der Waals surface area contributed by atoms with Gasteiger partial charge in [-0.2, -0.15) is 0 Å². The summed E-state index contributed by atoms with van der Waals surface area (Å²) in [4.78, 5) is 21.4. The van der Waals surface area contributed by atoms with Crippen LogP contribution in [0.5, 0.6) is 0 Å². The summed E-state index contributed by atoms with van der Waals surface area (Å²) in [5.74, 6) is -0.488. The Hall–Kier alpha value is -0.770. The molecule has 0 heterocycles. The number of nitrogens with one attached hydrogen (secondary N) is 2. The van der Waals surface area contributed by atoms with Gasteiger partial charge in [-0.05, 0) is 13.8 Å². The lowest BCUT2D eigenvalue weighted by Gasteiger charge is -2.04. The standard InChI is InChI=1S/C6H11ClN2O2/c1-3-8-6(11)9-5(10)4(2)7/h4H,3H2,1-2H3,(H2,8,9,10,11)/t4-/m1/s1. The molecule has 0 spiro atoms. The summed E-state index contributed by atoms with van der Waals surface area (Å²) in [7, 11) is 0. The molecule has 2 N–H and O–H groups in total. The normalized spacial score (nSPS) is 11.9. The van der Waals surface area contributed by atoms with Crippen LogP contribution in [0.1, 0.15) is 13.8 Å². The lowest BCUT2D eigenvalue weighted by molar-refractivity contribution is -0.119. The van der Waals surface area contributed by atoms with Crippen molar-refractivity contribution in [3.63, 3.8) is 0 Å². The third-order valence-electron chi connectivity index (χ3n) is 0.935. The van der Waals surface area contributed by atoms with E-state index in [0.717, 1.165) is 0 Å². The van der Waals surface area contributed by atoms with E-state index in [1.807, 2.05) is 0 Å². The molecule has 0 saturated carbocycles. The highest BCUT2D eigenvalue weighted by atomic mass is 35.5. The summed E-state index contributed by atoms with van der Waals surface area (Å²) >= 11 is 5.38. The second-order valence-corrected chi connectivity index (χ2v) is 2.62. The number of alkyl halides is 1. The van der Waals surface area contributed by atoms with Gasteiger partial charge in [0.2, 0.25) is 5.91 Å². The van der Waals surface area contributed by atoms with E-state index in [0.29, 0.717) is 6.54 Å². The SMILES string of the molecule is CCNC(=O)NC(=O)[C@@H](C)Cl. The van der Waals surface area contributed by atoms with Gasteiger partial charge in [0.1, 0.15) is 5.38 Å². The number of carbonyl (C=O) groups is 2. The molecule has 0 unspecified atom stereocenters. The molecular formula is C6H11ClN2O2. The van der Waals surface area contributed by atoms with Crippen molar-refractivity contribution in [3.8, 4) is 0 Å². The fourth-order valence-corrected chi connectivity index (χ4v) is 0.471. The van der Waals surface area contributed by atoms with Gasteiger partial charge in [0.25, 0.3) is 0 Å². The van der Waals surface area contributed by atoms with Crippen molar-refractivity contribution in [1.29, 1.82) is 0 Å². The predicted molar refractivity (Wildman–Crippen MR) is 42.5 cm³/mol. The number of rotatable bonds is 2. The Morgan fingerprint density at radius 2 is 2.09 bits per heavy atom. The summed E-state index contributed by atoms with van der Waals surface area (Å²) in [5, 5.41) is 3.78. The molecule has 0 aliphatic carbocycles. The molecule has 5 heteroatoms. The van der Waals surface area contributed by atoms with Crippen LogP contribution in [0, 0.1) is 0 Å². The maximum Gasteiger partial charge on any atom is 0.321 e. The van der Waals surface area contributed by atoms with Crippen LogP contribution in [-0.2, 0) is 4.79 Å². The number of hydrogen-bond donors (Lipinski definition) is 2. The van der Waals surface area contributed by atoms with Crippen LogP contribution < -0.4 is 10.6 Å². The molecule has 0 fully saturated rings. The maximum absolute atomic E-state index is 10.7. The lowest BCUT2D eigenvalue weighted by Crippen LogP contribution is -2.42. The second-order valence-electron chi connectivity index (χ2n) is 1.96. The number of halogens is 1. The van der Waals surface area contributed by atoms with E-state index in [9.17, 15) is 9.59 Å². The largest absolute Gasteiger partial charge is 0.338 e. The summed E-state index contributed by atoms with van der Waals surface area (Å²) < 4.78 is 0. The molecule has 0 bridgehead atoms. The predicted octanol–water partition coefficient (Wildman–Crippen LogP) is 0.459. The topological polar surface area (TPSA) is 58.2 Å². The monoisotopic (exact) mass is 178 g/mol. The summed E-state index contributed by atoms with van der Waals surface area (Å²) in [6, 6.07) is -0.509. The van der Waals surface area contributed by atoms with Gasteiger partial charge in [-0.1, -0.05) is 0 Å². The Morgan fingerprint density at radius 3 is 2.45 bits per heavy atom. The molecule has 0 radical (unpaired) electrons. The van der Waals surface area contributed by atoms with Crippen molar-refractivity contribution in [1.82, 2.24) is 10.6 Å². The van der Waals surface area contributed by atoms with E-state index in [1.165, 1.54) is 6.92 Å². The molecule has 11 heavy (non-hydrogen) atoms. The first-order valence-corrected chi connectivity index (χ1v) is 3.74. The van der Waals surface area contributed by atoms with Gasteiger partial charge in [0, 0.05) is 6.54 Å². The van der Waals surface area contributed by atoms with Crippen molar-refractivity contribution in [2.24, 2.45) is 0 Å². The van der Waals surface area contributed by atoms with Gasteiger partial charge >= 0.3 is 6.03 Å². The Morgan fingerprint density at radius 1 is 1.55 bits per heavy atom. The molecule has 0 aromatic heterocycles. The number of hydrogen-bond acceptors (Lipinski definition) is 2. The van der Waals surface area contributed by atoms with Crippen LogP contribution in [-0.4, -0.2) is 23.9 Å². The maximum atomic E-state index is 10.7. The summed E-state index contributed by atoms with van der Waals surface area (Å²) in [5.41, 5.74) is 0. The molecule has 3 amide bonds. The molecule has 0 aromatic rings. The van der Waals surface area contributed by atoms with Crippen molar-refractivity contribution in [2.75, 3.05) is 6.54 Å². The molecule has 1 atom stereocenters. The average molecular weight is 179 g/mol. The lowest BCUT2D eigenvalue weighted by atomic mass is 10.4. The molecular weight excluding hydrogens is 168 g/mol. The van der Waals surface area contributed by atoms with Crippen molar-refractivity contribution < 1.29 is 9.59 Å². The van der Waals surface area contributed by atoms with E-state index in [-0.39, 0.29) is 0 Å². The first-order chi connectivity index (χ1) is 5.07. The molecule has 0 aliphatic heterocycles. The van der Waals surface area contributed by atoms with E-state index in [4.69, 9.17) is 11.6 Å². The number of imide groups is 1. The Labute approximate surface area is 70.3 Å². The van der Waals surface area contributed by atoms with E-state index in [2.05, 4.69) is 10.6 Å². The van der Waals surface area contributed by atoms with Gasteiger partial charge in [-0.25, -0.2) is 4.79 Å². The first kappa shape index (κ1) is 10.2. The van der Waals surface area contributed by atoms with Gasteiger partial charge in [-0.15, -0.1) is 11.6 Å². The minimum atomic E-state index is -0.683. The minimum absolute atomic E-state index is 0.482. The van der Waals surface area contributed by atoms with Crippen molar-refractivity contribution in [3.05, 3.63) is 0 Å². The fraction of sp³-hybridized carbons (Fsp3) is 0.667. The Bertz CT molecular complexity index is 159. The molecule has 0 aromatic carbocycles. The van der Waals surface area contributed by atoms with Crippen LogP contribution >= 0.6 is 11.6 Å². The third-order valence-corrected chi connectivity index (χ3v) is 1.13. The van der Waals surface area contributed by atoms with E-state index in [1.54, 1.807) is 6.92 Å². The van der Waals surface area contributed by atoms with Crippen LogP contribution in [0.4, 0.5) is 4.79 Å². The second kappa shape index (κ2) is 4.96. The van der Waals surface area contributed by atoms with Crippen LogP contribution in [0.2, 0.25) is 0 Å². The number of amides is 3. The van der Waals surface area contributed by atoms with Gasteiger partial charge in [0.15, 0.2) is 0 Å². The average Bonchev–Trinajstić information content (AvgIpc) is 1.87. The highest BCUT2D eigenvalue weighted by molar-refractivity contribution is 6.31. The van der Waals surface area contributed by atoms with Crippen LogP contribution in [0.15, 0.2) is 0 Å². The van der Waals surface area contributed by atoms with Crippen LogP contribution in [0.3, 0.4) is 0 Å². The number of urea groups is 1. The highest BCUT2D eigenvalue weighted by Gasteiger charge is 2.11. The zero-order valence-electron chi connectivity index (χ0n) is 6.48. The molecule has 64 valence electrons. The summed E-state index contributed by atoms with van der Waals surface area (Å²) in [6.45, 7) is 3.74. The molecule has 0 saturated heterocycles. The first-order valence-electron chi connectivity index (χ1n) is 3.30. The van der Waals surface area contributed by atoms with Gasteiger partial charge in [0.05, 0.1) is 0 Å². The van der Waals surface area contributed by atoms with Crippen molar-refractivity contribution >= 4 is 23.5 Å². The van der Waals surface area contributed by atoms with E-state index >= 15 is 0 Å². The zero-order valence-corrected chi connectivity index (χ0v) is 7.23. The Balaban J connectivity index is 3.67. The zero-order chi connectivity index (χ0) is 8.85. The van der Waals surface area contributed by atoms with Crippen LogP contribution in [0.25, 0.3) is 0 Å². The smallest absolute Gasteiger partial charge is 0.321 e. The number of carbonyl (C=O) groups excluding carboxylic acids is 2. The van der Waals surface area contributed by atoms with E-state index < -0.39 is 17.3 Å². The van der Waals surface area contributed by atoms with Gasteiger partial charge in [-0.3, -0.25) is 10.1 Å². The van der Waals surface area contributed by atoms with Gasteiger partial charge < -0.3 is 5.32 Å². The Kier molecular flexibility index (Phi) is 4.61. The summed E-state index contributed by atoms with van der Waals surface area (Å²) in [6.07, 6.45) is 0. The molecule has 4 nitrogen and oxygen atoms in total. The van der Waals surface area contributed by atoms with Crippen molar-refractivity contribution in [2.45, 2.75) is 19.2 Å². The third kappa shape index (κ3) is 4.61.